The van der Waals surface area contributed by atoms with Gasteiger partial charge in [0, 0.05) is 39.0 Å². The number of aryl methyl sites for hydroxylation is 1. The molecule has 0 amide bonds. The molecule has 9 rings (SSSR count). The Labute approximate surface area is 297 Å². The van der Waals surface area contributed by atoms with Crippen molar-refractivity contribution in [1.82, 2.24) is 4.98 Å². The van der Waals surface area contributed by atoms with Gasteiger partial charge in [-0.1, -0.05) is 127 Å². The van der Waals surface area contributed by atoms with Crippen molar-refractivity contribution in [3.63, 3.8) is 0 Å². The highest BCUT2D eigenvalue weighted by molar-refractivity contribution is 6.20. The summed E-state index contributed by atoms with van der Waals surface area (Å²) in [5, 5.41) is 2.28. The van der Waals surface area contributed by atoms with Gasteiger partial charge in [-0.2, -0.15) is 0 Å². The summed E-state index contributed by atoms with van der Waals surface area (Å²) in [5.74, 6) is 4.11. The van der Waals surface area contributed by atoms with Gasteiger partial charge in [0.05, 0.1) is 5.69 Å². The molecule has 0 radical (unpaired) electrons. The topological polar surface area (TPSA) is 29.3 Å². The zero-order valence-corrected chi connectivity index (χ0v) is 28.0. The molecule has 1 aromatic heterocycles. The van der Waals surface area contributed by atoms with Gasteiger partial charge in [-0.15, -0.1) is 6.42 Å². The van der Waals surface area contributed by atoms with Crippen LogP contribution in [-0.2, 0) is 0 Å². The van der Waals surface area contributed by atoms with E-state index >= 15 is 0 Å². The number of fused-ring (bicyclic) bond motifs is 3. The van der Waals surface area contributed by atoms with E-state index in [1.165, 1.54) is 5.56 Å². The maximum Gasteiger partial charge on any atom is 0.227 e. The summed E-state index contributed by atoms with van der Waals surface area (Å²) in [6.07, 6.45) is 9.71. The predicted octanol–water partition coefficient (Wildman–Crippen LogP) is 12.9. The molecule has 240 valence electrons. The maximum absolute atomic E-state index is 6.77. The summed E-state index contributed by atoms with van der Waals surface area (Å²) in [6.45, 7) is 2.18. The SMILES string of the molecule is C#C/C=C\c1c(N(c2ccccc2)c2ccc(-c3ccccc3)cc2)c2c3c(cccc3c1C)-c1oc(-c3cccc(-c4ccccc4)c3)nc1-2. The first kappa shape index (κ1) is 30.2. The van der Waals surface area contributed by atoms with Crippen molar-refractivity contribution in [2.24, 2.45) is 0 Å². The quantitative estimate of drug-likeness (QED) is 0.160. The lowest BCUT2D eigenvalue weighted by Gasteiger charge is -2.30. The fraction of sp³-hybridized carbons (Fsp3) is 0.0208. The number of aromatic nitrogens is 1. The van der Waals surface area contributed by atoms with Crippen LogP contribution in [0.25, 0.3) is 73.1 Å². The summed E-state index contributed by atoms with van der Waals surface area (Å²) in [7, 11) is 0. The number of anilines is 3. The van der Waals surface area contributed by atoms with Crippen molar-refractivity contribution < 1.29 is 4.42 Å². The van der Waals surface area contributed by atoms with Crippen molar-refractivity contribution in [1.29, 1.82) is 0 Å². The molecular formula is C48H32N2O. The highest BCUT2D eigenvalue weighted by atomic mass is 16.4. The average molecular weight is 653 g/mol. The van der Waals surface area contributed by atoms with Gasteiger partial charge in [-0.25, -0.2) is 4.98 Å². The largest absolute Gasteiger partial charge is 0.435 e. The van der Waals surface area contributed by atoms with Gasteiger partial charge >= 0.3 is 0 Å². The van der Waals surface area contributed by atoms with Crippen molar-refractivity contribution >= 4 is 33.9 Å². The highest BCUT2D eigenvalue weighted by Gasteiger charge is 2.35. The Morgan fingerprint density at radius 2 is 1.22 bits per heavy atom. The summed E-state index contributed by atoms with van der Waals surface area (Å²) >= 11 is 0. The van der Waals surface area contributed by atoms with Crippen molar-refractivity contribution in [3.05, 3.63) is 175 Å². The number of rotatable bonds is 7. The first-order valence-corrected chi connectivity index (χ1v) is 17.1. The summed E-state index contributed by atoms with van der Waals surface area (Å²) in [4.78, 5) is 7.65. The molecule has 0 N–H and O–H groups in total. The molecule has 0 bridgehead atoms. The molecule has 7 aromatic carbocycles. The Morgan fingerprint density at radius 1 is 0.627 bits per heavy atom. The second kappa shape index (κ2) is 12.5. The van der Waals surface area contributed by atoms with E-state index in [2.05, 4.69) is 163 Å². The molecule has 1 heterocycles. The third kappa shape index (κ3) is 5.14. The van der Waals surface area contributed by atoms with E-state index in [0.29, 0.717) is 5.89 Å². The van der Waals surface area contributed by atoms with E-state index in [1.54, 1.807) is 6.08 Å². The third-order valence-electron chi connectivity index (χ3n) is 9.76. The molecule has 8 aromatic rings. The molecule has 0 fully saturated rings. The van der Waals surface area contributed by atoms with Crippen LogP contribution in [-0.4, -0.2) is 4.98 Å². The number of hydrogen-bond donors (Lipinski definition) is 0. The number of oxazole rings is 1. The van der Waals surface area contributed by atoms with Gasteiger partial charge in [-0.3, -0.25) is 0 Å². The maximum atomic E-state index is 6.77. The lowest BCUT2D eigenvalue weighted by atomic mass is 9.91. The van der Waals surface area contributed by atoms with E-state index in [4.69, 9.17) is 15.8 Å². The van der Waals surface area contributed by atoms with E-state index in [0.717, 1.165) is 83.8 Å². The average Bonchev–Trinajstić information content (AvgIpc) is 3.77. The van der Waals surface area contributed by atoms with Crippen LogP contribution in [0.4, 0.5) is 17.1 Å². The normalized spacial score (nSPS) is 11.5. The number of nitrogens with zero attached hydrogens (tertiary/aromatic N) is 2. The van der Waals surface area contributed by atoms with Gasteiger partial charge < -0.3 is 9.32 Å². The number of terminal acetylenes is 1. The predicted molar refractivity (Wildman–Crippen MR) is 212 cm³/mol. The molecule has 0 atom stereocenters. The Bertz CT molecular complexity index is 2630. The Morgan fingerprint density at radius 3 is 1.92 bits per heavy atom. The molecule has 1 aliphatic rings. The van der Waals surface area contributed by atoms with Crippen LogP contribution in [0.15, 0.2) is 168 Å². The number of hydrogen-bond acceptors (Lipinski definition) is 3. The fourth-order valence-electron chi connectivity index (χ4n) is 7.37. The van der Waals surface area contributed by atoms with Crippen LogP contribution < -0.4 is 4.90 Å². The fourth-order valence-corrected chi connectivity index (χ4v) is 7.37. The molecule has 51 heavy (non-hydrogen) atoms. The molecule has 0 saturated heterocycles. The van der Waals surface area contributed by atoms with Crippen molar-refractivity contribution in [3.8, 4) is 68.6 Å². The Hall–Kier alpha value is -6.89. The van der Waals surface area contributed by atoms with Crippen LogP contribution in [0.1, 0.15) is 11.1 Å². The smallest absolute Gasteiger partial charge is 0.227 e. The first-order valence-electron chi connectivity index (χ1n) is 17.1. The molecule has 3 nitrogen and oxygen atoms in total. The summed E-state index contributed by atoms with van der Waals surface area (Å²) in [5.41, 5.74) is 13.7. The molecule has 0 aliphatic heterocycles. The van der Waals surface area contributed by atoms with E-state index < -0.39 is 0 Å². The molecule has 0 spiro atoms. The second-order valence-electron chi connectivity index (χ2n) is 12.7. The first-order chi connectivity index (χ1) is 25.2. The highest BCUT2D eigenvalue weighted by Crippen LogP contribution is 2.56. The lowest BCUT2D eigenvalue weighted by molar-refractivity contribution is 0.590. The second-order valence-corrected chi connectivity index (χ2v) is 12.7. The Kier molecular flexibility index (Phi) is 7.42. The minimum Gasteiger partial charge on any atom is -0.435 e. The van der Waals surface area contributed by atoms with Crippen LogP contribution in [0.5, 0.6) is 0 Å². The lowest BCUT2D eigenvalue weighted by Crippen LogP contribution is -2.13. The van der Waals surface area contributed by atoms with Crippen LogP contribution in [0.3, 0.4) is 0 Å². The zero-order valence-electron chi connectivity index (χ0n) is 28.0. The van der Waals surface area contributed by atoms with Crippen LogP contribution >= 0.6 is 0 Å². The third-order valence-corrected chi connectivity index (χ3v) is 9.76. The summed E-state index contributed by atoms with van der Waals surface area (Å²) < 4.78 is 6.77. The monoisotopic (exact) mass is 652 g/mol. The van der Waals surface area contributed by atoms with Crippen molar-refractivity contribution in [2.75, 3.05) is 4.90 Å². The van der Waals surface area contributed by atoms with Gasteiger partial charge in [-0.05, 0) is 88.7 Å². The number of benzene rings is 7. The minimum atomic E-state index is 0.589. The van der Waals surface area contributed by atoms with E-state index in [9.17, 15) is 0 Å². The van der Waals surface area contributed by atoms with E-state index in [1.807, 2.05) is 18.2 Å². The molecule has 1 aliphatic carbocycles. The molecule has 0 saturated carbocycles. The van der Waals surface area contributed by atoms with Crippen LogP contribution in [0.2, 0.25) is 0 Å². The van der Waals surface area contributed by atoms with Gasteiger partial charge in [0.1, 0.15) is 5.69 Å². The molecule has 3 heteroatoms. The molecule has 0 unspecified atom stereocenters. The van der Waals surface area contributed by atoms with Gasteiger partial charge in [0.2, 0.25) is 5.89 Å². The van der Waals surface area contributed by atoms with Gasteiger partial charge in [0.15, 0.2) is 5.76 Å². The summed E-state index contributed by atoms with van der Waals surface area (Å²) in [6, 6.07) is 55.0. The van der Waals surface area contributed by atoms with Crippen molar-refractivity contribution in [2.45, 2.75) is 6.92 Å². The van der Waals surface area contributed by atoms with Crippen LogP contribution in [0, 0.1) is 19.3 Å². The standard InChI is InChI=1S/C48H32N2O/c1-3-4-24-41-32(2)40-25-15-26-42-43(40)44(45-47(42)51-48(49-45)37-21-14-20-36(31-37)34-18-10-6-11-19-34)46(41)50(38-22-12-7-13-23-38)39-29-27-35(28-30-39)33-16-8-5-9-17-33/h1,4-31H,2H3/b24-4-. The zero-order chi connectivity index (χ0) is 34.3. The molecular weight excluding hydrogens is 621 g/mol. The Balaban J connectivity index is 1.30. The minimum absolute atomic E-state index is 0.589. The van der Waals surface area contributed by atoms with E-state index in [-0.39, 0.29) is 0 Å². The number of allylic oxidation sites excluding steroid dienone is 1. The van der Waals surface area contributed by atoms with Gasteiger partial charge in [0.25, 0.3) is 0 Å². The number of para-hydroxylation sites is 1.